The Morgan fingerprint density at radius 3 is 3.12 bits per heavy atom. The number of hydrogen-bond donors (Lipinski definition) is 2. The predicted molar refractivity (Wildman–Crippen MR) is 69.4 cm³/mol. The van der Waals surface area contributed by atoms with Gasteiger partial charge in [0.15, 0.2) is 0 Å². The first-order valence-electron chi connectivity index (χ1n) is 5.30. The fraction of sp³-hybridized carbons (Fsp3) is 0.455. The van der Waals surface area contributed by atoms with Crippen LogP contribution >= 0.6 is 11.8 Å². The van der Waals surface area contributed by atoms with Crippen molar-refractivity contribution in [1.29, 1.82) is 5.41 Å². The number of nitrogen functional groups attached to an aromatic ring is 1. The fourth-order valence-electron chi connectivity index (χ4n) is 1.91. The molecular formula is C11H16N4S. The summed E-state index contributed by atoms with van der Waals surface area (Å²) in [6.07, 6.45) is 2.87. The topological polar surface area (TPSA) is 66.0 Å². The molecule has 3 N–H and O–H groups in total. The molecule has 86 valence electrons. The molecule has 1 aromatic heterocycles. The highest BCUT2D eigenvalue weighted by Gasteiger charge is 2.22. The molecule has 1 aliphatic rings. The summed E-state index contributed by atoms with van der Waals surface area (Å²) in [5.41, 5.74) is 7.09. The Balaban J connectivity index is 2.27. The fourth-order valence-corrected chi connectivity index (χ4v) is 3.18. The first kappa shape index (κ1) is 11.3. The molecule has 5 heteroatoms. The van der Waals surface area contributed by atoms with Crippen LogP contribution in [0.25, 0.3) is 0 Å². The molecule has 1 atom stereocenters. The van der Waals surface area contributed by atoms with E-state index in [1.165, 1.54) is 12.2 Å². The summed E-state index contributed by atoms with van der Waals surface area (Å²) in [6.45, 7) is 0. The summed E-state index contributed by atoms with van der Waals surface area (Å²) >= 11 is 1.97. The van der Waals surface area contributed by atoms with Crippen LogP contribution < -0.4 is 10.6 Å². The summed E-state index contributed by atoms with van der Waals surface area (Å²) in [6, 6.07) is 4.40. The van der Waals surface area contributed by atoms with Crippen molar-refractivity contribution in [1.82, 2.24) is 4.98 Å². The summed E-state index contributed by atoms with van der Waals surface area (Å²) < 4.78 is 0. The van der Waals surface area contributed by atoms with Gasteiger partial charge in [-0.05, 0) is 24.3 Å². The smallest absolute Gasteiger partial charge is 0.143 e. The molecule has 0 radical (unpaired) electrons. The van der Waals surface area contributed by atoms with Crippen LogP contribution in [0.15, 0.2) is 18.3 Å². The largest absolute Gasteiger partial charge is 0.382 e. The molecule has 1 aliphatic heterocycles. The third-order valence-electron chi connectivity index (χ3n) is 2.87. The van der Waals surface area contributed by atoms with Gasteiger partial charge in [0.2, 0.25) is 0 Å². The number of amidine groups is 1. The minimum Gasteiger partial charge on any atom is -0.382 e. The van der Waals surface area contributed by atoms with Crippen LogP contribution in [0.4, 0.5) is 5.69 Å². The zero-order valence-electron chi connectivity index (χ0n) is 9.31. The Bertz CT molecular complexity index is 387. The molecule has 4 nitrogen and oxygen atoms in total. The van der Waals surface area contributed by atoms with Gasteiger partial charge in [0.05, 0.1) is 5.69 Å². The van der Waals surface area contributed by atoms with Crippen LogP contribution in [0.2, 0.25) is 0 Å². The normalized spacial score (nSPS) is 19.7. The highest BCUT2D eigenvalue weighted by molar-refractivity contribution is 7.99. The number of rotatable bonds is 3. The second-order valence-electron chi connectivity index (χ2n) is 3.91. The van der Waals surface area contributed by atoms with E-state index in [-0.39, 0.29) is 5.84 Å². The maximum absolute atomic E-state index is 7.52. The Labute approximate surface area is 99.7 Å². The van der Waals surface area contributed by atoms with Gasteiger partial charge in [0, 0.05) is 25.0 Å². The van der Waals surface area contributed by atoms with E-state index in [4.69, 9.17) is 11.1 Å². The number of nitrogens with two attached hydrogens (primary N) is 1. The van der Waals surface area contributed by atoms with Crippen LogP contribution in [0.1, 0.15) is 12.1 Å². The van der Waals surface area contributed by atoms with Crippen LogP contribution in [0.5, 0.6) is 0 Å². The Morgan fingerprint density at radius 1 is 1.69 bits per heavy atom. The van der Waals surface area contributed by atoms with Crippen LogP contribution in [0.3, 0.4) is 0 Å². The van der Waals surface area contributed by atoms with Crippen molar-refractivity contribution in [3.63, 3.8) is 0 Å². The van der Waals surface area contributed by atoms with Gasteiger partial charge in [-0.25, -0.2) is 0 Å². The molecule has 16 heavy (non-hydrogen) atoms. The zero-order chi connectivity index (χ0) is 11.5. The zero-order valence-corrected chi connectivity index (χ0v) is 10.1. The lowest BCUT2D eigenvalue weighted by Gasteiger charge is -2.27. The van der Waals surface area contributed by atoms with Gasteiger partial charge in [-0.2, -0.15) is 11.8 Å². The number of nitrogens with zero attached hydrogens (tertiary/aromatic N) is 2. The summed E-state index contributed by atoms with van der Waals surface area (Å²) in [5.74, 6) is 2.39. The van der Waals surface area contributed by atoms with Crippen LogP contribution in [-0.2, 0) is 0 Å². The molecule has 1 aromatic rings. The van der Waals surface area contributed by atoms with Crippen LogP contribution in [0, 0.1) is 5.41 Å². The summed E-state index contributed by atoms with van der Waals surface area (Å²) in [7, 11) is 2.06. The average Bonchev–Trinajstić information content (AvgIpc) is 2.81. The standard InChI is InChI=1S/C11H16N4S/c1-15(8-4-6-16-7-8)9-3-2-5-14-10(9)11(12)13/h2-3,5,8H,4,6-7H2,1H3,(H3,12,13). The molecule has 0 spiro atoms. The molecule has 0 saturated carbocycles. The van der Waals surface area contributed by atoms with Gasteiger partial charge >= 0.3 is 0 Å². The average molecular weight is 236 g/mol. The maximum Gasteiger partial charge on any atom is 0.143 e. The number of pyridine rings is 1. The number of aromatic nitrogens is 1. The highest BCUT2D eigenvalue weighted by Crippen LogP contribution is 2.27. The highest BCUT2D eigenvalue weighted by atomic mass is 32.2. The molecule has 0 amide bonds. The third-order valence-corrected chi connectivity index (χ3v) is 4.02. The van der Waals surface area contributed by atoms with Gasteiger partial charge in [-0.3, -0.25) is 10.4 Å². The third kappa shape index (κ3) is 2.14. The lowest BCUT2D eigenvalue weighted by atomic mass is 10.2. The van der Waals surface area contributed by atoms with Gasteiger partial charge < -0.3 is 10.6 Å². The summed E-state index contributed by atoms with van der Waals surface area (Å²) in [5, 5.41) is 7.52. The molecule has 2 heterocycles. The maximum atomic E-state index is 7.52. The van der Waals surface area contributed by atoms with E-state index in [9.17, 15) is 0 Å². The minimum atomic E-state index is 0.0353. The molecule has 2 rings (SSSR count). The van der Waals surface area contributed by atoms with Gasteiger partial charge in [0.1, 0.15) is 11.5 Å². The lowest BCUT2D eigenvalue weighted by Crippen LogP contribution is -2.33. The van der Waals surface area contributed by atoms with Crippen molar-refractivity contribution < 1.29 is 0 Å². The van der Waals surface area contributed by atoms with E-state index in [1.54, 1.807) is 6.20 Å². The first-order chi connectivity index (χ1) is 7.70. The summed E-state index contributed by atoms with van der Waals surface area (Å²) in [4.78, 5) is 6.37. The number of thioether (sulfide) groups is 1. The Kier molecular flexibility index (Phi) is 3.33. The molecule has 1 unspecified atom stereocenters. The first-order valence-corrected chi connectivity index (χ1v) is 6.45. The van der Waals surface area contributed by atoms with Gasteiger partial charge in [0.25, 0.3) is 0 Å². The van der Waals surface area contributed by atoms with E-state index >= 15 is 0 Å². The molecule has 0 bridgehead atoms. The number of nitrogens with one attached hydrogen (secondary N) is 1. The molecule has 1 fully saturated rings. The number of hydrogen-bond acceptors (Lipinski definition) is 4. The van der Waals surface area contributed by atoms with Crippen LogP contribution in [-0.4, -0.2) is 35.4 Å². The van der Waals surface area contributed by atoms with Crippen molar-refractivity contribution in [2.45, 2.75) is 12.5 Å². The molecular weight excluding hydrogens is 220 g/mol. The van der Waals surface area contributed by atoms with E-state index in [2.05, 4.69) is 16.9 Å². The lowest BCUT2D eigenvalue weighted by molar-refractivity contribution is 0.698. The minimum absolute atomic E-state index is 0.0353. The second kappa shape index (κ2) is 4.74. The quantitative estimate of drug-likeness (QED) is 0.613. The van der Waals surface area contributed by atoms with Crippen molar-refractivity contribution in [2.24, 2.45) is 5.73 Å². The molecule has 0 aliphatic carbocycles. The van der Waals surface area contributed by atoms with Crippen molar-refractivity contribution in [3.8, 4) is 0 Å². The molecule has 0 aromatic carbocycles. The Morgan fingerprint density at radius 2 is 2.50 bits per heavy atom. The van der Waals surface area contributed by atoms with E-state index in [0.29, 0.717) is 11.7 Å². The van der Waals surface area contributed by atoms with Gasteiger partial charge in [-0.1, -0.05) is 0 Å². The number of anilines is 1. The van der Waals surface area contributed by atoms with E-state index in [0.717, 1.165) is 11.4 Å². The predicted octanol–water partition coefficient (Wildman–Crippen LogP) is 1.31. The van der Waals surface area contributed by atoms with Crippen molar-refractivity contribution >= 4 is 23.3 Å². The second-order valence-corrected chi connectivity index (χ2v) is 5.06. The SMILES string of the molecule is CN(c1cccnc1C(=N)N)C1CCSC1. The van der Waals surface area contributed by atoms with Crippen molar-refractivity contribution in [2.75, 3.05) is 23.5 Å². The monoisotopic (exact) mass is 236 g/mol. The van der Waals surface area contributed by atoms with E-state index in [1.807, 2.05) is 23.9 Å². The Hall–Kier alpha value is -1.23. The van der Waals surface area contributed by atoms with Gasteiger partial charge in [-0.15, -0.1) is 0 Å². The van der Waals surface area contributed by atoms with E-state index < -0.39 is 0 Å². The van der Waals surface area contributed by atoms with Crippen molar-refractivity contribution in [3.05, 3.63) is 24.0 Å². The molecule has 1 saturated heterocycles.